The molecule has 7 nitrogen and oxygen atoms in total. The first-order chi connectivity index (χ1) is 12.8. The molecule has 0 radical (unpaired) electrons. The van der Waals surface area contributed by atoms with Gasteiger partial charge in [0.15, 0.2) is 0 Å². The number of aryl methyl sites for hydroxylation is 1. The molecule has 1 aromatic heterocycles. The minimum atomic E-state index is -3.89. The third-order valence-corrected chi connectivity index (χ3v) is 8.46. The third kappa shape index (κ3) is 2.95. The van der Waals surface area contributed by atoms with Gasteiger partial charge < -0.3 is 0 Å². The largest absolute Gasteiger partial charge is 0.269 e. The number of sulfonamides is 1. The maximum atomic E-state index is 13.1. The molecule has 2 aromatic carbocycles. The minimum absolute atomic E-state index is 0.0223. The first-order valence-electron chi connectivity index (χ1n) is 8.62. The SMILES string of the molecule is Cc1nc2ccccc2n1S(=O)(=O)c1ccc(S(=O)(=O)N2CCCC2)cc1. The van der Waals surface area contributed by atoms with Gasteiger partial charge >= 0.3 is 0 Å². The number of hydrogen-bond donors (Lipinski definition) is 0. The van der Waals surface area contributed by atoms with Crippen LogP contribution in [0.5, 0.6) is 0 Å². The highest BCUT2D eigenvalue weighted by Crippen LogP contribution is 2.25. The smallest absolute Gasteiger partial charge is 0.232 e. The number of nitrogens with zero attached hydrogens (tertiary/aromatic N) is 3. The van der Waals surface area contributed by atoms with Gasteiger partial charge in [-0.2, -0.15) is 4.31 Å². The highest BCUT2D eigenvalue weighted by atomic mass is 32.2. The molecule has 1 fully saturated rings. The summed E-state index contributed by atoms with van der Waals surface area (Å²) in [6.45, 7) is 2.63. The monoisotopic (exact) mass is 405 g/mol. The average molecular weight is 406 g/mol. The van der Waals surface area contributed by atoms with Gasteiger partial charge in [0.1, 0.15) is 5.82 Å². The number of hydrogen-bond acceptors (Lipinski definition) is 5. The lowest BCUT2D eigenvalue weighted by Gasteiger charge is -2.16. The number of imidazole rings is 1. The van der Waals surface area contributed by atoms with Gasteiger partial charge in [-0.25, -0.2) is 25.8 Å². The van der Waals surface area contributed by atoms with Crippen LogP contribution < -0.4 is 0 Å². The van der Waals surface area contributed by atoms with Crippen LogP contribution in [-0.2, 0) is 20.0 Å². The second-order valence-electron chi connectivity index (χ2n) is 6.50. The Kier molecular flexibility index (Phi) is 4.32. The van der Waals surface area contributed by atoms with E-state index in [4.69, 9.17) is 0 Å². The number of para-hydroxylation sites is 2. The second-order valence-corrected chi connectivity index (χ2v) is 10.2. The van der Waals surface area contributed by atoms with E-state index in [1.165, 1.54) is 32.5 Å². The minimum Gasteiger partial charge on any atom is -0.232 e. The fraction of sp³-hybridized carbons (Fsp3) is 0.278. The molecule has 0 N–H and O–H groups in total. The van der Waals surface area contributed by atoms with Crippen LogP contribution in [0.2, 0.25) is 0 Å². The van der Waals surface area contributed by atoms with E-state index in [0.29, 0.717) is 29.9 Å². The highest BCUT2D eigenvalue weighted by Gasteiger charge is 2.28. The van der Waals surface area contributed by atoms with Crippen molar-refractivity contribution < 1.29 is 16.8 Å². The third-order valence-electron chi connectivity index (χ3n) is 4.74. The fourth-order valence-corrected chi connectivity index (χ4v) is 6.40. The second kappa shape index (κ2) is 6.43. The summed E-state index contributed by atoms with van der Waals surface area (Å²) in [5.41, 5.74) is 1.08. The maximum Gasteiger partial charge on any atom is 0.269 e. The normalized spacial score (nSPS) is 16.2. The van der Waals surface area contributed by atoms with Crippen LogP contribution in [0.3, 0.4) is 0 Å². The molecule has 0 spiro atoms. The Labute approximate surface area is 158 Å². The van der Waals surface area contributed by atoms with Crippen LogP contribution in [-0.4, -0.2) is 43.2 Å². The first kappa shape index (κ1) is 18.1. The summed E-state index contributed by atoms with van der Waals surface area (Å²) in [7, 11) is -7.47. The summed E-state index contributed by atoms with van der Waals surface area (Å²) >= 11 is 0. The van der Waals surface area contributed by atoms with E-state index in [-0.39, 0.29) is 9.79 Å². The molecular formula is C18H19N3O4S2. The predicted octanol–water partition coefficient (Wildman–Crippen LogP) is 2.37. The van der Waals surface area contributed by atoms with Crippen molar-refractivity contribution in [3.63, 3.8) is 0 Å². The molecule has 0 saturated carbocycles. The van der Waals surface area contributed by atoms with Gasteiger partial charge in [-0.05, 0) is 56.2 Å². The zero-order valence-electron chi connectivity index (χ0n) is 14.7. The molecule has 1 aliphatic rings. The first-order valence-corrected chi connectivity index (χ1v) is 11.5. The van der Waals surface area contributed by atoms with Gasteiger partial charge in [-0.1, -0.05) is 12.1 Å². The lowest BCUT2D eigenvalue weighted by molar-refractivity contribution is 0.477. The Morgan fingerprint density at radius 1 is 0.815 bits per heavy atom. The molecule has 9 heteroatoms. The lowest BCUT2D eigenvalue weighted by Crippen LogP contribution is -2.27. The van der Waals surface area contributed by atoms with E-state index in [0.717, 1.165) is 12.8 Å². The number of rotatable bonds is 4. The number of aromatic nitrogens is 2. The topological polar surface area (TPSA) is 89.3 Å². The van der Waals surface area contributed by atoms with Crippen molar-refractivity contribution in [3.8, 4) is 0 Å². The van der Waals surface area contributed by atoms with Crippen molar-refractivity contribution in [3.05, 3.63) is 54.4 Å². The molecule has 27 heavy (non-hydrogen) atoms. The summed E-state index contributed by atoms with van der Waals surface area (Å²) in [4.78, 5) is 4.42. The molecule has 0 atom stereocenters. The summed E-state index contributed by atoms with van der Waals surface area (Å²) in [5.74, 6) is 0.352. The molecule has 4 rings (SSSR count). The molecule has 0 bridgehead atoms. The predicted molar refractivity (Wildman–Crippen MR) is 101 cm³/mol. The van der Waals surface area contributed by atoms with Gasteiger partial charge in [0.25, 0.3) is 10.0 Å². The van der Waals surface area contributed by atoms with Crippen LogP contribution in [0, 0.1) is 6.92 Å². The Morgan fingerprint density at radius 3 is 2.00 bits per heavy atom. The fourth-order valence-electron chi connectivity index (χ4n) is 3.39. The quantitative estimate of drug-likeness (QED) is 0.665. The molecule has 0 amide bonds. The molecule has 0 unspecified atom stereocenters. The summed E-state index contributed by atoms with van der Waals surface area (Å²) < 4.78 is 54.1. The molecule has 1 saturated heterocycles. The summed E-state index contributed by atoms with van der Waals surface area (Å²) in [6.07, 6.45) is 1.69. The van der Waals surface area contributed by atoms with E-state index in [9.17, 15) is 16.8 Å². The van der Waals surface area contributed by atoms with Crippen molar-refractivity contribution in [2.75, 3.05) is 13.1 Å². The standard InChI is InChI=1S/C18H19N3O4S2/c1-14-19-17-6-2-3-7-18(17)21(14)27(24,25)16-10-8-15(9-11-16)26(22,23)20-12-4-5-13-20/h2-3,6-11H,4-5,12-13H2,1H3. The van der Waals surface area contributed by atoms with Gasteiger partial charge in [-0.3, -0.25) is 0 Å². The summed E-state index contributed by atoms with van der Waals surface area (Å²) in [6, 6.07) is 12.4. The van der Waals surface area contributed by atoms with Crippen molar-refractivity contribution in [1.82, 2.24) is 13.3 Å². The maximum absolute atomic E-state index is 13.1. The van der Waals surface area contributed by atoms with E-state index >= 15 is 0 Å². The molecule has 2 heterocycles. The van der Waals surface area contributed by atoms with Gasteiger partial charge in [0.2, 0.25) is 10.0 Å². The Bertz CT molecular complexity index is 1210. The lowest BCUT2D eigenvalue weighted by atomic mass is 10.3. The number of benzene rings is 2. The molecule has 1 aliphatic heterocycles. The Hall–Kier alpha value is -2.23. The van der Waals surface area contributed by atoms with Crippen LogP contribution in [0.15, 0.2) is 58.3 Å². The molecule has 3 aromatic rings. The van der Waals surface area contributed by atoms with Crippen molar-refractivity contribution >= 4 is 31.1 Å². The number of fused-ring (bicyclic) bond motifs is 1. The van der Waals surface area contributed by atoms with E-state index < -0.39 is 20.0 Å². The van der Waals surface area contributed by atoms with Crippen molar-refractivity contribution in [2.45, 2.75) is 29.6 Å². The molecule has 0 aliphatic carbocycles. The van der Waals surface area contributed by atoms with Crippen LogP contribution in [0.1, 0.15) is 18.7 Å². The van der Waals surface area contributed by atoms with E-state index in [1.807, 2.05) is 0 Å². The van der Waals surface area contributed by atoms with Crippen molar-refractivity contribution in [1.29, 1.82) is 0 Å². The van der Waals surface area contributed by atoms with Gasteiger partial charge in [-0.15, -0.1) is 0 Å². The molecular weight excluding hydrogens is 386 g/mol. The Morgan fingerprint density at radius 2 is 1.37 bits per heavy atom. The van der Waals surface area contributed by atoms with Crippen molar-refractivity contribution in [2.24, 2.45) is 0 Å². The summed E-state index contributed by atoms with van der Waals surface area (Å²) in [5, 5.41) is 0. The van der Waals surface area contributed by atoms with Gasteiger partial charge in [0.05, 0.1) is 20.8 Å². The average Bonchev–Trinajstić information content (AvgIpc) is 3.29. The van der Waals surface area contributed by atoms with E-state index in [1.54, 1.807) is 31.2 Å². The van der Waals surface area contributed by atoms with E-state index in [2.05, 4.69) is 4.98 Å². The van der Waals surface area contributed by atoms with Gasteiger partial charge in [0, 0.05) is 13.1 Å². The van der Waals surface area contributed by atoms with Crippen LogP contribution >= 0.6 is 0 Å². The zero-order chi connectivity index (χ0) is 19.2. The zero-order valence-corrected chi connectivity index (χ0v) is 16.4. The molecule has 142 valence electrons. The van der Waals surface area contributed by atoms with Crippen LogP contribution in [0.4, 0.5) is 0 Å². The highest BCUT2D eigenvalue weighted by molar-refractivity contribution is 7.90. The Balaban J connectivity index is 1.76. The van der Waals surface area contributed by atoms with Crippen LogP contribution in [0.25, 0.3) is 11.0 Å².